The number of hydrogen-bond acceptors (Lipinski definition) is 7. The minimum Gasteiger partial charge on any atom is -0.508 e. The smallest absolute Gasteiger partial charge is 0.306 e. The third-order valence-electron chi connectivity index (χ3n) is 7.46. The zero-order chi connectivity index (χ0) is 24.4. The summed E-state index contributed by atoms with van der Waals surface area (Å²) in [7, 11) is 0. The fourth-order valence-corrected chi connectivity index (χ4v) is 5.53. The van der Waals surface area contributed by atoms with Crippen LogP contribution in [0, 0.1) is 11.8 Å². The molecule has 2 aromatic carbocycles. The number of rotatable bonds is 7. The Labute approximate surface area is 198 Å². The second kappa shape index (κ2) is 10.6. The summed E-state index contributed by atoms with van der Waals surface area (Å²) < 4.78 is 5.70. The summed E-state index contributed by atoms with van der Waals surface area (Å²) in [6, 6.07) is 8.66. The second-order valence-electron chi connectivity index (χ2n) is 9.78. The van der Waals surface area contributed by atoms with Gasteiger partial charge in [0, 0.05) is 5.56 Å². The van der Waals surface area contributed by atoms with Crippen molar-refractivity contribution in [3.8, 4) is 5.75 Å². The van der Waals surface area contributed by atoms with Gasteiger partial charge in [-0.05, 0) is 41.2 Å². The van der Waals surface area contributed by atoms with E-state index in [1.54, 1.807) is 12.1 Å². The molecule has 1 saturated carbocycles. The van der Waals surface area contributed by atoms with Gasteiger partial charge in [0.15, 0.2) is 0 Å². The topological polar surface area (TPSA) is 148 Å². The molecule has 1 aliphatic heterocycles. The molecule has 0 radical (unpaired) electrons. The first-order valence-corrected chi connectivity index (χ1v) is 12.1. The number of aromatic hydroxyl groups is 1. The van der Waals surface area contributed by atoms with Gasteiger partial charge in [0.1, 0.15) is 36.3 Å². The summed E-state index contributed by atoms with van der Waals surface area (Å²) in [5.74, 6) is -1.08. The van der Waals surface area contributed by atoms with Gasteiger partial charge in [0.05, 0.1) is 12.5 Å². The fraction of sp³-hybridized carbons (Fsp3) is 0.577. The molecule has 4 rings (SSSR count). The van der Waals surface area contributed by atoms with E-state index in [0.29, 0.717) is 24.1 Å². The van der Waals surface area contributed by atoms with Crippen LogP contribution in [0.4, 0.5) is 0 Å². The van der Waals surface area contributed by atoms with E-state index in [9.17, 15) is 35.4 Å². The Hall–Kier alpha value is -2.23. The molecule has 186 valence electrons. The summed E-state index contributed by atoms with van der Waals surface area (Å²) in [6.07, 6.45) is -0.282. The number of aliphatic hydroxyl groups is 4. The van der Waals surface area contributed by atoms with Crippen LogP contribution in [0.2, 0.25) is 0 Å². The first-order valence-electron chi connectivity index (χ1n) is 12.1. The highest BCUT2D eigenvalue weighted by Crippen LogP contribution is 2.41. The minimum atomic E-state index is -1.57. The zero-order valence-corrected chi connectivity index (χ0v) is 19.1. The van der Waals surface area contributed by atoms with Crippen LogP contribution in [0.1, 0.15) is 55.8 Å². The highest BCUT2D eigenvalue weighted by Gasteiger charge is 2.45. The number of aliphatic hydroxyl groups excluding tert-OH is 4. The zero-order valence-electron chi connectivity index (χ0n) is 19.1. The van der Waals surface area contributed by atoms with Crippen molar-refractivity contribution in [2.75, 3.05) is 6.61 Å². The molecular formula is C26H34O8. The molecule has 0 spiro atoms. The third kappa shape index (κ3) is 5.06. The highest BCUT2D eigenvalue weighted by atomic mass is 16.5. The van der Waals surface area contributed by atoms with Crippen LogP contribution in [0.25, 0.3) is 10.8 Å². The molecule has 0 aromatic heterocycles. The standard InChI is InChI=1S/C26H34O8/c27-13-20-22(29)23(30)24(31)25(34-20)21-18-12-15(6-7-16(18)8-9-19(21)28)11-17(26(32)33)10-14-4-2-1-3-5-14/h6-9,12,14,17,20,22-25,27-31H,1-5,10-11,13H2,(H,32,33)/t17-,20-,22-,23+,24+,25-/m1/s1. The number of benzene rings is 2. The molecule has 8 heteroatoms. The monoisotopic (exact) mass is 474 g/mol. The maximum Gasteiger partial charge on any atom is 0.306 e. The predicted molar refractivity (Wildman–Crippen MR) is 124 cm³/mol. The quantitative estimate of drug-likeness (QED) is 0.358. The largest absolute Gasteiger partial charge is 0.508 e. The number of carboxylic acids is 1. The van der Waals surface area contributed by atoms with Gasteiger partial charge in [0.25, 0.3) is 0 Å². The number of aliphatic carboxylic acids is 1. The number of phenols is 1. The number of carbonyl (C=O) groups is 1. The Morgan fingerprint density at radius 1 is 1.00 bits per heavy atom. The fourth-order valence-electron chi connectivity index (χ4n) is 5.53. The number of fused-ring (bicyclic) bond motifs is 1. The average Bonchev–Trinajstić information content (AvgIpc) is 2.83. The Morgan fingerprint density at radius 3 is 2.38 bits per heavy atom. The average molecular weight is 475 g/mol. The van der Waals surface area contributed by atoms with Gasteiger partial charge in [-0.15, -0.1) is 0 Å². The van der Waals surface area contributed by atoms with E-state index < -0.39 is 49.0 Å². The van der Waals surface area contributed by atoms with Crippen LogP contribution in [-0.2, 0) is 16.0 Å². The van der Waals surface area contributed by atoms with Crippen molar-refractivity contribution in [2.24, 2.45) is 11.8 Å². The number of ether oxygens (including phenoxy) is 1. The Balaban J connectivity index is 1.66. The molecular weight excluding hydrogens is 440 g/mol. The number of hydrogen-bond donors (Lipinski definition) is 6. The molecule has 0 amide bonds. The van der Waals surface area contributed by atoms with Crippen LogP contribution >= 0.6 is 0 Å². The van der Waals surface area contributed by atoms with Crippen molar-refractivity contribution < 1.29 is 40.2 Å². The molecule has 0 unspecified atom stereocenters. The normalized spacial score (nSPS) is 29.2. The molecule has 2 fully saturated rings. The first kappa shape index (κ1) is 24.9. The Morgan fingerprint density at radius 2 is 1.71 bits per heavy atom. The van der Waals surface area contributed by atoms with Gasteiger partial charge in [-0.3, -0.25) is 4.79 Å². The third-order valence-corrected chi connectivity index (χ3v) is 7.46. The van der Waals surface area contributed by atoms with Crippen molar-refractivity contribution in [2.45, 2.75) is 75.5 Å². The van der Waals surface area contributed by atoms with Crippen molar-refractivity contribution in [3.63, 3.8) is 0 Å². The van der Waals surface area contributed by atoms with Gasteiger partial charge in [-0.2, -0.15) is 0 Å². The number of phenolic OH excluding ortho intramolecular Hbond substituents is 1. The Bertz CT molecular complexity index is 1000. The van der Waals surface area contributed by atoms with Crippen LogP contribution < -0.4 is 0 Å². The van der Waals surface area contributed by atoms with Crippen molar-refractivity contribution in [3.05, 3.63) is 41.5 Å². The summed E-state index contributed by atoms with van der Waals surface area (Å²) in [5.41, 5.74) is 1.02. The van der Waals surface area contributed by atoms with E-state index in [2.05, 4.69) is 0 Å². The molecule has 2 aliphatic rings. The van der Waals surface area contributed by atoms with Crippen LogP contribution in [0.15, 0.2) is 30.3 Å². The molecule has 1 aliphatic carbocycles. The Kier molecular flexibility index (Phi) is 7.74. The van der Waals surface area contributed by atoms with Crippen molar-refractivity contribution in [1.82, 2.24) is 0 Å². The van der Waals surface area contributed by atoms with Crippen molar-refractivity contribution >= 4 is 16.7 Å². The van der Waals surface area contributed by atoms with Crippen LogP contribution in [0.3, 0.4) is 0 Å². The van der Waals surface area contributed by atoms with Gasteiger partial charge in [0.2, 0.25) is 0 Å². The first-order chi connectivity index (χ1) is 16.3. The van der Waals surface area contributed by atoms with E-state index in [1.807, 2.05) is 12.1 Å². The SMILES string of the molecule is O=C(O)[C@@H](Cc1ccc2ccc(O)c([C@H]3O[C@H](CO)[C@@H](O)[C@H](O)[C@@H]3O)c2c1)CC1CCCCC1. The lowest BCUT2D eigenvalue weighted by molar-refractivity contribution is -0.231. The van der Waals surface area contributed by atoms with Crippen molar-refractivity contribution in [1.29, 1.82) is 0 Å². The number of carboxylic acid groups (broad SMARTS) is 1. The lowest BCUT2D eigenvalue weighted by Crippen LogP contribution is -2.55. The molecule has 6 N–H and O–H groups in total. The lowest BCUT2D eigenvalue weighted by Gasteiger charge is -2.40. The highest BCUT2D eigenvalue weighted by molar-refractivity contribution is 5.89. The van der Waals surface area contributed by atoms with Crippen LogP contribution in [-0.4, -0.2) is 67.6 Å². The second-order valence-corrected chi connectivity index (χ2v) is 9.78. The maximum absolute atomic E-state index is 12.0. The summed E-state index contributed by atoms with van der Waals surface area (Å²) in [4.78, 5) is 12.0. The molecule has 0 bridgehead atoms. The van der Waals surface area contributed by atoms with E-state index >= 15 is 0 Å². The van der Waals surface area contributed by atoms with E-state index in [1.165, 1.54) is 12.5 Å². The molecule has 8 nitrogen and oxygen atoms in total. The molecule has 6 atom stereocenters. The van der Waals surface area contributed by atoms with Gasteiger partial charge in [-0.25, -0.2) is 0 Å². The van der Waals surface area contributed by atoms with Gasteiger partial charge < -0.3 is 35.4 Å². The van der Waals surface area contributed by atoms with Gasteiger partial charge >= 0.3 is 5.97 Å². The summed E-state index contributed by atoms with van der Waals surface area (Å²) in [5, 5.41) is 62.4. The lowest BCUT2D eigenvalue weighted by atomic mass is 9.80. The molecule has 34 heavy (non-hydrogen) atoms. The van der Waals surface area contributed by atoms with E-state index in [0.717, 1.165) is 36.6 Å². The molecule has 1 saturated heterocycles. The minimum absolute atomic E-state index is 0.161. The van der Waals surface area contributed by atoms with E-state index in [4.69, 9.17) is 4.74 Å². The van der Waals surface area contributed by atoms with Crippen LogP contribution in [0.5, 0.6) is 5.75 Å². The van der Waals surface area contributed by atoms with Gasteiger partial charge in [-0.1, -0.05) is 56.4 Å². The summed E-state index contributed by atoms with van der Waals surface area (Å²) >= 11 is 0. The molecule has 1 heterocycles. The molecule has 2 aromatic rings. The predicted octanol–water partition coefficient (Wildman–Crippen LogP) is 2.27. The van der Waals surface area contributed by atoms with E-state index in [-0.39, 0.29) is 11.3 Å². The summed E-state index contributed by atoms with van der Waals surface area (Å²) in [6.45, 7) is -0.570. The maximum atomic E-state index is 12.0.